The summed E-state index contributed by atoms with van der Waals surface area (Å²) in [5.41, 5.74) is 3.70. The van der Waals surface area contributed by atoms with Gasteiger partial charge >= 0.3 is 5.97 Å². The van der Waals surface area contributed by atoms with Crippen molar-refractivity contribution in [1.82, 2.24) is 10.3 Å². The molecule has 0 aliphatic carbocycles. The van der Waals surface area contributed by atoms with Crippen molar-refractivity contribution >= 4 is 16.9 Å². The number of hydrogen-bond donors (Lipinski definition) is 3. The number of nitrogens with one attached hydrogen (secondary N) is 2. The van der Waals surface area contributed by atoms with Crippen LogP contribution in [0.25, 0.3) is 10.9 Å². The van der Waals surface area contributed by atoms with Crippen LogP contribution in [0.5, 0.6) is 0 Å². The average Bonchev–Trinajstić information content (AvgIpc) is 2.95. The van der Waals surface area contributed by atoms with Crippen molar-refractivity contribution < 1.29 is 9.90 Å². The first-order valence-electron chi connectivity index (χ1n) is 7.75. The summed E-state index contributed by atoms with van der Waals surface area (Å²) in [4.78, 5) is 15.2. The molecule has 0 saturated carbocycles. The smallest absolute Gasteiger partial charge is 0.321 e. The number of para-hydroxylation sites is 1. The number of aliphatic carboxylic acids is 1. The van der Waals surface area contributed by atoms with E-state index in [2.05, 4.69) is 16.4 Å². The van der Waals surface area contributed by atoms with Gasteiger partial charge in [-0.25, -0.2) is 0 Å². The van der Waals surface area contributed by atoms with E-state index in [9.17, 15) is 9.90 Å². The quantitative estimate of drug-likeness (QED) is 0.682. The molecule has 0 fully saturated rings. The van der Waals surface area contributed by atoms with Gasteiger partial charge in [0.1, 0.15) is 6.04 Å². The summed E-state index contributed by atoms with van der Waals surface area (Å²) < 4.78 is 0. The molecule has 0 radical (unpaired) electrons. The Morgan fingerprint density at radius 2 is 1.83 bits per heavy atom. The molecule has 4 nitrogen and oxygen atoms in total. The van der Waals surface area contributed by atoms with Gasteiger partial charge in [-0.1, -0.05) is 48.5 Å². The van der Waals surface area contributed by atoms with Crippen LogP contribution >= 0.6 is 0 Å². The number of hydrogen-bond acceptors (Lipinski definition) is 2. The van der Waals surface area contributed by atoms with Crippen LogP contribution in [0.1, 0.15) is 23.7 Å². The zero-order valence-corrected chi connectivity index (χ0v) is 12.8. The van der Waals surface area contributed by atoms with Gasteiger partial charge in [0.2, 0.25) is 0 Å². The second kappa shape index (κ2) is 4.96. The number of rotatable bonds is 2. The SMILES string of the molecule is C[C@]1(c2ccccc2)N[C@H](C(=O)O)Cc2c1[nH]c1ccccc21. The minimum absolute atomic E-state index is 0.483. The van der Waals surface area contributed by atoms with Gasteiger partial charge in [-0.2, -0.15) is 0 Å². The first kappa shape index (κ1) is 14.0. The lowest BCUT2D eigenvalue weighted by molar-refractivity contribution is -0.140. The highest BCUT2D eigenvalue weighted by Gasteiger charge is 2.41. The summed E-state index contributed by atoms with van der Waals surface area (Å²) in [6.07, 6.45) is 0.483. The fourth-order valence-corrected chi connectivity index (χ4v) is 3.66. The van der Waals surface area contributed by atoms with Crippen LogP contribution in [-0.4, -0.2) is 22.1 Å². The number of fused-ring (bicyclic) bond motifs is 3. The molecule has 2 atom stereocenters. The lowest BCUT2D eigenvalue weighted by Gasteiger charge is -2.39. The second-order valence-corrected chi connectivity index (χ2v) is 6.25. The monoisotopic (exact) mass is 306 g/mol. The molecule has 1 aromatic heterocycles. The zero-order chi connectivity index (χ0) is 16.0. The lowest BCUT2D eigenvalue weighted by Crippen LogP contribution is -2.54. The molecule has 0 unspecified atom stereocenters. The minimum Gasteiger partial charge on any atom is -0.480 e. The van der Waals surface area contributed by atoms with Gasteiger partial charge in [-0.05, 0) is 24.1 Å². The van der Waals surface area contributed by atoms with Crippen LogP contribution in [0, 0.1) is 0 Å². The van der Waals surface area contributed by atoms with E-state index in [0.29, 0.717) is 6.42 Å². The Labute approximate surface area is 134 Å². The third kappa shape index (κ3) is 2.06. The highest BCUT2D eigenvalue weighted by atomic mass is 16.4. The van der Waals surface area contributed by atoms with Gasteiger partial charge in [-0.15, -0.1) is 0 Å². The molecule has 2 heterocycles. The van der Waals surface area contributed by atoms with Crippen molar-refractivity contribution in [2.45, 2.75) is 24.9 Å². The maximum Gasteiger partial charge on any atom is 0.321 e. The lowest BCUT2D eigenvalue weighted by atomic mass is 9.80. The van der Waals surface area contributed by atoms with Crippen LogP contribution in [-0.2, 0) is 16.8 Å². The molecule has 0 amide bonds. The van der Waals surface area contributed by atoms with Crippen molar-refractivity contribution in [3.05, 3.63) is 71.4 Å². The van der Waals surface area contributed by atoms with Gasteiger partial charge in [0, 0.05) is 23.0 Å². The number of H-pyrrole nitrogens is 1. The van der Waals surface area contributed by atoms with E-state index in [4.69, 9.17) is 0 Å². The Hall–Kier alpha value is -2.59. The van der Waals surface area contributed by atoms with Crippen molar-refractivity contribution in [3.63, 3.8) is 0 Å². The van der Waals surface area contributed by atoms with Gasteiger partial charge in [0.05, 0.1) is 5.54 Å². The third-order valence-corrected chi connectivity index (χ3v) is 4.83. The van der Waals surface area contributed by atoms with E-state index in [1.165, 1.54) is 0 Å². The predicted molar refractivity (Wildman–Crippen MR) is 89.5 cm³/mol. The molecule has 4 rings (SSSR count). The Morgan fingerprint density at radius 3 is 2.57 bits per heavy atom. The largest absolute Gasteiger partial charge is 0.480 e. The summed E-state index contributed by atoms with van der Waals surface area (Å²) in [6.45, 7) is 2.05. The van der Waals surface area contributed by atoms with Crippen LogP contribution in [0.15, 0.2) is 54.6 Å². The van der Waals surface area contributed by atoms with Crippen molar-refractivity contribution in [3.8, 4) is 0 Å². The molecule has 0 bridgehead atoms. The van der Waals surface area contributed by atoms with Crippen LogP contribution < -0.4 is 5.32 Å². The number of carboxylic acids is 1. The van der Waals surface area contributed by atoms with Crippen molar-refractivity contribution in [1.29, 1.82) is 0 Å². The van der Waals surface area contributed by atoms with Crippen LogP contribution in [0.3, 0.4) is 0 Å². The molecule has 3 N–H and O–H groups in total. The first-order chi connectivity index (χ1) is 11.1. The number of aromatic amines is 1. The Balaban J connectivity index is 1.99. The summed E-state index contributed by atoms with van der Waals surface area (Å²) in [7, 11) is 0. The normalized spacial score (nSPS) is 23.6. The van der Waals surface area contributed by atoms with Gasteiger partial charge < -0.3 is 10.1 Å². The van der Waals surface area contributed by atoms with E-state index in [1.807, 2.05) is 55.5 Å². The summed E-state index contributed by atoms with van der Waals surface area (Å²) >= 11 is 0. The van der Waals surface area contributed by atoms with E-state index in [1.54, 1.807) is 0 Å². The standard InChI is InChI=1S/C19H18N2O2/c1-19(12-7-3-2-4-8-12)17-14(11-16(21-19)18(22)23)13-9-5-6-10-15(13)20-17/h2-10,16,20-21H,11H2,1H3,(H,22,23)/t16-,19+/m0/s1. The Bertz CT molecular complexity index is 885. The number of carboxylic acid groups (broad SMARTS) is 1. The molecule has 3 aromatic rings. The van der Waals surface area contributed by atoms with Gasteiger partial charge in [0.15, 0.2) is 0 Å². The molecule has 116 valence electrons. The van der Waals surface area contributed by atoms with Crippen LogP contribution in [0.4, 0.5) is 0 Å². The Kier molecular flexibility index (Phi) is 3.03. The Morgan fingerprint density at radius 1 is 1.13 bits per heavy atom. The van der Waals surface area contributed by atoms with Crippen molar-refractivity contribution in [2.75, 3.05) is 0 Å². The highest BCUT2D eigenvalue weighted by Crippen LogP contribution is 2.39. The van der Waals surface area contributed by atoms with E-state index >= 15 is 0 Å². The van der Waals surface area contributed by atoms with E-state index in [0.717, 1.165) is 27.7 Å². The molecule has 23 heavy (non-hydrogen) atoms. The predicted octanol–water partition coefficient (Wildman–Crippen LogP) is 3.03. The molecule has 4 heteroatoms. The molecular formula is C19H18N2O2. The van der Waals surface area contributed by atoms with E-state index < -0.39 is 17.6 Å². The number of carbonyl (C=O) groups is 1. The van der Waals surface area contributed by atoms with Gasteiger partial charge in [0.25, 0.3) is 0 Å². The fraction of sp³-hybridized carbons (Fsp3) is 0.211. The molecule has 1 aliphatic heterocycles. The minimum atomic E-state index is -0.817. The summed E-state index contributed by atoms with van der Waals surface area (Å²) in [5, 5.41) is 14.0. The first-order valence-corrected chi connectivity index (χ1v) is 7.75. The molecule has 0 spiro atoms. The maximum atomic E-state index is 11.7. The van der Waals surface area contributed by atoms with Gasteiger partial charge in [-0.3, -0.25) is 10.1 Å². The van der Waals surface area contributed by atoms with Crippen molar-refractivity contribution in [2.24, 2.45) is 0 Å². The zero-order valence-electron chi connectivity index (χ0n) is 12.8. The van der Waals surface area contributed by atoms with Crippen LogP contribution in [0.2, 0.25) is 0 Å². The maximum absolute atomic E-state index is 11.7. The van der Waals surface area contributed by atoms with E-state index in [-0.39, 0.29) is 0 Å². The highest BCUT2D eigenvalue weighted by molar-refractivity contribution is 5.87. The number of aromatic nitrogens is 1. The molecule has 1 aliphatic rings. The molecular weight excluding hydrogens is 288 g/mol. The third-order valence-electron chi connectivity index (χ3n) is 4.83. The topological polar surface area (TPSA) is 65.1 Å². The molecule has 2 aromatic carbocycles. The molecule has 0 saturated heterocycles. The fourth-order valence-electron chi connectivity index (χ4n) is 3.66. The average molecular weight is 306 g/mol. The number of benzene rings is 2. The summed E-state index contributed by atoms with van der Waals surface area (Å²) in [6, 6.07) is 17.5. The second-order valence-electron chi connectivity index (χ2n) is 6.25. The summed E-state index contributed by atoms with van der Waals surface area (Å²) in [5.74, 6) is -0.817.